The number of amides is 1. The maximum absolute atomic E-state index is 13.6. The van der Waals surface area contributed by atoms with Crippen LogP contribution >= 0.6 is 0 Å². The lowest BCUT2D eigenvalue weighted by atomic mass is 10.0. The lowest BCUT2D eigenvalue weighted by Crippen LogP contribution is -2.49. The topological polar surface area (TPSA) is 70.6 Å². The molecule has 2 aromatic rings. The zero-order chi connectivity index (χ0) is 23.0. The summed E-state index contributed by atoms with van der Waals surface area (Å²) in [4.78, 5) is 12.2. The fraction of sp³-hybridized carbons (Fsp3) is 0.375. The molecule has 1 amide bonds. The van der Waals surface area contributed by atoms with Crippen molar-refractivity contribution in [2.24, 2.45) is 0 Å². The molecule has 166 valence electrons. The first-order valence-electron chi connectivity index (χ1n) is 9.94. The number of alkyl carbamates (subject to hydrolysis) is 1. The van der Waals surface area contributed by atoms with Crippen LogP contribution in [-0.4, -0.2) is 35.5 Å². The molecule has 5 nitrogen and oxygen atoms in total. The number of aliphatic hydroxyl groups excluding tert-OH is 1. The van der Waals surface area contributed by atoms with Crippen LogP contribution in [0, 0.1) is 24.0 Å². The van der Waals surface area contributed by atoms with E-state index in [1.54, 1.807) is 20.8 Å². The molecular formula is C24H28F2N2O3. The second-order valence-electron chi connectivity index (χ2n) is 8.28. The number of aliphatic hydroxyl groups is 1. The van der Waals surface area contributed by atoms with Gasteiger partial charge in [0.2, 0.25) is 0 Å². The third kappa shape index (κ3) is 8.75. The molecule has 7 heteroatoms. The Morgan fingerprint density at radius 3 is 2.45 bits per heavy atom. The highest BCUT2D eigenvalue weighted by atomic mass is 19.1. The minimum Gasteiger partial charge on any atom is -0.444 e. The van der Waals surface area contributed by atoms with Gasteiger partial charge in [-0.2, -0.15) is 0 Å². The third-order valence-electron chi connectivity index (χ3n) is 4.32. The average Bonchev–Trinajstić information content (AvgIpc) is 2.65. The number of nitrogens with one attached hydrogen (secondary N) is 2. The van der Waals surface area contributed by atoms with Crippen LogP contribution in [0.5, 0.6) is 0 Å². The highest BCUT2D eigenvalue weighted by Crippen LogP contribution is 2.13. The minimum atomic E-state index is -1.05. The SMILES string of the molecule is C#Cc1cccc(CNCC(O)C(Cc2cc(F)cc(F)c2)NC(=O)OC(C)(C)C)c1. The van der Waals surface area contributed by atoms with E-state index in [-0.39, 0.29) is 13.0 Å². The molecule has 0 spiro atoms. The van der Waals surface area contributed by atoms with E-state index in [0.717, 1.165) is 29.3 Å². The number of rotatable bonds is 8. The normalized spacial score (nSPS) is 13.2. The quantitative estimate of drug-likeness (QED) is 0.561. The summed E-state index contributed by atoms with van der Waals surface area (Å²) >= 11 is 0. The summed E-state index contributed by atoms with van der Waals surface area (Å²) in [5.41, 5.74) is 1.26. The van der Waals surface area contributed by atoms with E-state index >= 15 is 0 Å². The molecule has 0 saturated heterocycles. The highest BCUT2D eigenvalue weighted by molar-refractivity contribution is 5.68. The van der Waals surface area contributed by atoms with Gasteiger partial charge in [0.05, 0.1) is 12.1 Å². The maximum Gasteiger partial charge on any atom is 0.407 e. The number of ether oxygens (including phenoxy) is 1. The Morgan fingerprint density at radius 1 is 1.16 bits per heavy atom. The lowest BCUT2D eigenvalue weighted by Gasteiger charge is -2.27. The number of hydrogen-bond acceptors (Lipinski definition) is 4. The van der Waals surface area contributed by atoms with Crippen LogP contribution in [0.25, 0.3) is 0 Å². The zero-order valence-corrected chi connectivity index (χ0v) is 17.9. The Balaban J connectivity index is 2.06. The molecule has 2 atom stereocenters. The first-order chi connectivity index (χ1) is 14.6. The molecule has 0 aliphatic heterocycles. The smallest absolute Gasteiger partial charge is 0.407 e. The summed E-state index contributed by atoms with van der Waals surface area (Å²) in [7, 11) is 0. The largest absolute Gasteiger partial charge is 0.444 e. The Bertz CT molecular complexity index is 915. The summed E-state index contributed by atoms with van der Waals surface area (Å²) in [5.74, 6) is 1.10. The summed E-state index contributed by atoms with van der Waals surface area (Å²) in [5, 5.41) is 16.4. The second-order valence-corrected chi connectivity index (χ2v) is 8.28. The van der Waals surface area contributed by atoms with Gasteiger partial charge in [-0.15, -0.1) is 6.42 Å². The van der Waals surface area contributed by atoms with Crippen LogP contribution in [0.15, 0.2) is 42.5 Å². The Labute approximate surface area is 181 Å². The Hall–Kier alpha value is -2.95. The summed E-state index contributed by atoms with van der Waals surface area (Å²) in [6.07, 6.45) is 3.65. The number of benzene rings is 2. The number of carbonyl (C=O) groups excluding carboxylic acids is 1. The third-order valence-corrected chi connectivity index (χ3v) is 4.32. The van der Waals surface area contributed by atoms with E-state index < -0.39 is 35.5 Å². The van der Waals surface area contributed by atoms with Crippen LogP contribution in [-0.2, 0) is 17.7 Å². The standard InChI is InChI=1S/C24H28F2N2O3/c1-5-16-7-6-8-17(9-16)14-27-15-22(29)21(28-23(30)31-24(2,3)4)12-18-10-19(25)13-20(26)11-18/h1,6-11,13,21-22,27,29H,12,14-15H2,2-4H3,(H,28,30). The molecule has 2 unspecified atom stereocenters. The van der Waals surface area contributed by atoms with Crippen molar-refractivity contribution < 1.29 is 23.4 Å². The first-order valence-corrected chi connectivity index (χ1v) is 9.94. The summed E-state index contributed by atoms with van der Waals surface area (Å²) < 4.78 is 32.4. The van der Waals surface area contributed by atoms with Crippen LogP contribution in [0.3, 0.4) is 0 Å². The van der Waals surface area contributed by atoms with Crippen molar-refractivity contribution in [2.75, 3.05) is 6.54 Å². The molecule has 2 aromatic carbocycles. The molecular weight excluding hydrogens is 402 g/mol. The van der Waals surface area contributed by atoms with Gasteiger partial charge in [-0.25, -0.2) is 13.6 Å². The van der Waals surface area contributed by atoms with Gasteiger partial charge in [-0.1, -0.05) is 18.1 Å². The minimum absolute atomic E-state index is 0.0172. The van der Waals surface area contributed by atoms with E-state index in [9.17, 15) is 18.7 Å². The van der Waals surface area contributed by atoms with Crippen LogP contribution < -0.4 is 10.6 Å². The van der Waals surface area contributed by atoms with E-state index in [1.807, 2.05) is 24.3 Å². The highest BCUT2D eigenvalue weighted by Gasteiger charge is 2.25. The Morgan fingerprint density at radius 2 is 1.84 bits per heavy atom. The van der Waals surface area contributed by atoms with Gasteiger partial charge in [0.1, 0.15) is 17.2 Å². The van der Waals surface area contributed by atoms with Gasteiger partial charge in [0, 0.05) is 24.7 Å². The second kappa shape index (κ2) is 10.9. The van der Waals surface area contributed by atoms with Crippen molar-refractivity contribution in [1.29, 1.82) is 0 Å². The van der Waals surface area contributed by atoms with Crippen LogP contribution in [0.1, 0.15) is 37.5 Å². The molecule has 0 aliphatic rings. The summed E-state index contributed by atoms with van der Waals surface area (Å²) in [6.45, 7) is 5.71. The van der Waals surface area contributed by atoms with E-state index in [0.29, 0.717) is 12.1 Å². The molecule has 0 aromatic heterocycles. The monoisotopic (exact) mass is 430 g/mol. The fourth-order valence-corrected chi connectivity index (χ4v) is 3.00. The Kier molecular flexibility index (Phi) is 8.55. The summed E-state index contributed by atoms with van der Waals surface area (Å²) in [6, 6.07) is 9.67. The van der Waals surface area contributed by atoms with Gasteiger partial charge in [-0.3, -0.25) is 0 Å². The van der Waals surface area contributed by atoms with Crippen LogP contribution in [0.2, 0.25) is 0 Å². The van der Waals surface area contributed by atoms with Crippen LogP contribution in [0.4, 0.5) is 13.6 Å². The molecule has 0 radical (unpaired) electrons. The van der Waals surface area contributed by atoms with Gasteiger partial charge >= 0.3 is 6.09 Å². The molecule has 0 fully saturated rings. The number of terminal acetylenes is 1. The molecule has 0 heterocycles. The lowest BCUT2D eigenvalue weighted by molar-refractivity contribution is 0.0422. The van der Waals surface area contributed by atoms with Crippen molar-refractivity contribution >= 4 is 6.09 Å². The number of hydrogen-bond donors (Lipinski definition) is 3. The number of carbonyl (C=O) groups is 1. The van der Waals surface area contributed by atoms with Crippen molar-refractivity contribution in [3.05, 3.63) is 70.8 Å². The van der Waals surface area contributed by atoms with E-state index in [2.05, 4.69) is 16.6 Å². The van der Waals surface area contributed by atoms with Crippen molar-refractivity contribution in [2.45, 2.75) is 51.5 Å². The van der Waals surface area contributed by atoms with Crippen molar-refractivity contribution in [3.8, 4) is 12.3 Å². The van der Waals surface area contributed by atoms with Gasteiger partial charge in [0.25, 0.3) is 0 Å². The predicted octanol–water partition coefficient (Wildman–Crippen LogP) is 3.53. The molecule has 0 bridgehead atoms. The van der Waals surface area contributed by atoms with Crippen molar-refractivity contribution in [1.82, 2.24) is 10.6 Å². The van der Waals surface area contributed by atoms with Crippen molar-refractivity contribution in [3.63, 3.8) is 0 Å². The molecule has 2 rings (SSSR count). The maximum atomic E-state index is 13.6. The van der Waals surface area contributed by atoms with E-state index in [4.69, 9.17) is 11.2 Å². The number of halogens is 2. The average molecular weight is 430 g/mol. The van der Waals surface area contributed by atoms with Gasteiger partial charge < -0.3 is 20.5 Å². The first kappa shape index (κ1) is 24.3. The van der Waals surface area contributed by atoms with Gasteiger partial charge in [0.15, 0.2) is 0 Å². The van der Waals surface area contributed by atoms with E-state index in [1.165, 1.54) is 0 Å². The molecule has 0 aliphatic carbocycles. The molecule has 3 N–H and O–H groups in total. The zero-order valence-electron chi connectivity index (χ0n) is 17.9. The van der Waals surface area contributed by atoms with Gasteiger partial charge in [-0.05, 0) is 62.6 Å². The molecule has 0 saturated carbocycles. The molecule has 31 heavy (non-hydrogen) atoms. The fourth-order valence-electron chi connectivity index (χ4n) is 3.00. The predicted molar refractivity (Wildman–Crippen MR) is 115 cm³/mol.